The van der Waals surface area contributed by atoms with Crippen molar-refractivity contribution in [3.63, 3.8) is 0 Å². The minimum atomic E-state index is -0.528. The third-order valence-corrected chi connectivity index (χ3v) is 3.13. The van der Waals surface area contributed by atoms with E-state index >= 15 is 0 Å². The van der Waals surface area contributed by atoms with Crippen LogP contribution >= 0.6 is 0 Å². The summed E-state index contributed by atoms with van der Waals surface area (Å²) in [6.07, 6.45) is 0.126. The van der Waals surface area contributed by atoms with Crippen LogP contribution in [-0.2, 0) is 9.59 Å². The zero-order chi connectivity index (χ0) is 13.7. The molecule has 0 aliphatic rings. The van der Waals surface area contributed by atoms with Gasteiger partial charge in [0.25, 0.3) is 0 Å². The molecule has 2 atom stereocenters. The molecule has 0 saturated heterocycles. The van der Waals surface area contributed by atoms with Crippen LogP contribution in [0.25, 0.3) is 0 Å². The normalized spacial score (nSPS) is 13.8. The number of amides is 1. The molecule has 0 aliphatic carbocycles. The molecule has 2 N–H and O–H groups in total. The number of carbonyl (C=O) groups is 2. The summed E-state index contributed by atoms with van der Waals surface area (Å²) in [7, 11) is 0. The average molecular weight is 249 g/mol. The van der Waals surface area contributed by atoms with Crippen LogP contribution in [0, 0.1) is 12.8 Å². The maximum atomic E-state index is 12.0. The van der Waals surface area contributed by atoms with E-state index in [1.54, 1.807) is 12.4 Å². The van der Waals surface area contributed by atoms with E-state index in [1.165, 1.54) is 0 Å². The number of benzene rings is 1. The minimum absolute atomic E-state index is 0.00467. The largest absolute Gasteiger partial charge is 0.299 e. The van der Waals surface area contributed by atoms with Crippen LogP contribution in [0.4, 0.5) is 0 Å². The maximum Gasteiger partial charge on any atom is 0.246 e. The summed E-state index contributed by atoms with van der Waals surface area (Å²) < 4.78 is 0. The van der Waals surface area contributed by atoms with Crippen molar-refractivity contribution >= 4 is 11.7 Å². The van der Waals surface area contributed by atoms with Crippen molar-refractivity contribution in [1.29, 1.82) is 0 Å². The van der Waals surface area contributed by atoms with Crippen LogP contribution in [0.5, 0.6) is 0 Å². The van der Waals surface area contributed by atoms with Crippen LogP contribution < -0.4 is 5.48 Å². The smallest absolute Gasteiger partial charge is 0.246 e. The molecule has 1 aromatic carbocycles. The quantitative estimate of drug-likeness (QED) is 0.621. The van der Waals surface area contributed by atoms with Gasteiger partial charge in [-0.1, -0.05) is 43.7 Å². The Morgan fingerprint density at radius 3 is 2.28 bits per heavy atom. The average Bonchev–Trinajstić information content (AvgIpc) is 2.37. The molecule has 4 nitrogen and oxygen atoms in total. The summed E-state index contributed by atoms with van der Waals surface area (Å²) >= 11 is 0. The molecule has 0 saturated carbocycles. The van der Waals surface area contributed by atoms with Crippen molar-refractivity contribution in [2.75, 3.05) is 0 Å². The van der Waals surface area contributed by atoms with Crippen LogP contribution in [0.3, 0.4) is 0 Å². The monoisotopic (exact) mass is 249 g/mol. The number of carbonyl (C=O) groups excluding carboxylic acids is 2. The first kappa shape index (κ1) is 14.4. The Balaban J connectivity index is 2.67. The molecule has 1 unspecified atom stereocenters. The van der Waals surface area contributed by atoms with Gasteiger partial charge in [0.15, 0.2) is 0 Å². The third kappa shape index (κ3) is 3.67. The zero-order valence-corrected chi connectivity index (χ0v) is 10.9. The predicted octanol–water partition coefficient (Wildman–Crippen LogP) is 2.20. The predicted molar refractivity (Wildman–Crippen MR) is 68.3 cm³/mol. The summed E-state index contributed by atoms with van der Waals surface area (Å²) in [5.74, 6) is -1.29. The first-order valence-electron chi connectivity index (χ1n) is 5.99. The lowest BCUT2D eigenvalue weighted by Crippen LogP contribution is -2.28. The van der Waals surface area contributed by atoms with E-state index in [9.17, 15) is 9.59 Å². The van der Waals surface area contributed by atoms with E-state index < -0.39 is 11.8 Å². The van der Waals surface area contributed by atoms with Crippen LogP contribution in [0.15, 0.2) is 24.3 Å². The molecule has 0 fully saturated rings. The summed E-state index contributed by atoms with van der Waals surface area (Å²) in [5.41, 5.74) is 3.66. The Morgan fingerprint density at radius 1 is 1.22 bits per heavy atom. The second kappa shape index (κ2) is 6.31. The van der Waals surface area contributed by atoms with E-state index in [-0.39, 0.29) is 18.1 Å². The molecule has 0 heterocycles. The number of aryl methyl sites for hydroxylation is 1. The van der Waals surface area contributed by atoms with Gasteiger partial charge in [-0.15, -0.1) is 0 Å². The highest BCUT2D eigenvalue weighted by Gasteiger charge is 2.21. The molecule has 0 radical (unpaired) electrons. The Kier molecular flexibility index (Phi) is 5.04. The highest BCUT2D eigenvalue weighted by Crippen LogP contribution is 2.20. The molecule has 4 heteroatoms. The van der Waals surface area contributed by atoms with Gasteiger partial charge >= 0.3 is 0 Å². The number of hydrogen-bond acceptors (Lipinski definition) is 3. The first-order chi connectivity index (χ1) is 8.45. The Hall–Kier alpha value is -1.68. The van der Waals surface area contributed by atoms with Crippen molar-refractivity contribution in [2.45, 2.75) is 33.1 Å². The minimum Gasteiger partial charge on any atom is -0.299 e. The maximum absolute atomic E-state index is 12.0. The lowest BCUT2D eigenvalue weighted by atomic mass is 9.90. The van der Waals surface area contributed by atoms with Gasteiger partial charge in [0, 0.05) is 18.3 Å². The molecule has 98 valence electrons. The molecule has 1 rings (SSSR count). The Labute approximate surface area is 107 Å². The summed E-state index contributed by atoms with van der Waals surface area (Å²) in [6, 6.07) is 7.77. The van der Waals surface area contributed by atoms with Crippen molar-refractivity contribution in [2.24, 2.45) is 5.92 Å². The standard InChI is InChI=1S/C14H19NO3/c1-9-4-6-12(7-5-9)11(3)13(16)8-10(2)14(17)15-18/h4-7,10-11,18H,8H2,1-3H3,(H,15,17)/t10-,11?/m0/s1. The van der Waals surface area contributed by atoms with E-state index in [0.717, 1.165) is 11.1 Å². The van der Waals surface area contributed by atoms with Crippen LogP contribution in [-0.4, -0.2) is 16.9 Å². The fourth-order valence-electron chi connectivity index (χ4n) is 1.72. The first-order valence-corrected chi connectivity index (χ1v) is 5.99. The van der Waals surface area contributed by atoms with Gasteiger partial charge < -0.3 is 0 Å². The van der Waals surface area contributed by atoms with Crippen LogP contribution in [0.2, 0.25) is 0 Å². The Bertz CT molecular complexity index is 425. The molecular weight excluding hydrogens is 230 g/mol. The summed E-state index contributed by atoms with van der Waals surface area (Å²) in [4.78, 5) is 23.1. The van der Waals surface area contributed by atoms with Gasteiger partial charge in [0.05, 0.1) is 0 Å². The number of ketones is 1. The summed E-state index contributed by atoms with van der Waals surface area (Å²) in [5, 5.41) is 8.49. The van der Waals surface area contributed by atoms with E-state index in [4.69, 9.17) is 5.21 Å². The summed E-state index contributed by atoms with van der Waals surface area (Å²) in [6.45, 7) is 5.44. The van der Waals surface area contributed by atoms with E-state index in [2.05, 4.69) is 0 Å². The molecule has 0 aliphatic heterocycles. The van der Waals surface area contributed by atoms with Crippen molar-refractivity contribution in [3.8, 4) is 0 Å². The lowest BCUT2D eigenvalue weighted by Gasteiger charge is -2.14. The third-order valence-electron chi connectivity index (χ3n) is 3.13. The van der Waals surface area contributed by atoms with Gasteiger partial charge in [0.2, 0.25) is 5.91 Å². The van der Waals surface area contributed by atoms with Crippen molar-refractivity contribution in [1.82, 2.24) is 5.48 Å². The van der Waals surface area contributed by atoms with Gasteiger partial charge in [-0.3, -0.25) is 14.8 Å². The molecule has 18 heavy (non-hydrogen) atoms. The molecule has 0 spiro atoms. The number of Topliss-reactive ketones (excluding diaryl/α,β-unsaturated/α-hetero) is 1. The lowest BCUT2D eigenvalue weighted by molar-refractivity contribution is -0.135. The van der Waals surface area contributed by atoms with Gasteiger partial charge in [-0.2, -0.15) is 0 Å². The highest BCUT2D eigenvalue weighted by molar-refractivity contribution is 5.90. The number of hydroxylamine groups is 1. The molecular formula is C14H19NO3. The Morgan fingerprint density at radius 2 is 1.78 bits per heavy atom. The van der Waals surface area contributed by atoms with Crippen molar-refractivity contribution < 1.29 is 14.8 Å². The molecule has 1 amide bonds. The van der Waals surface area contributed by atoms with Gasteiger partial charge in [0.1, 0.15) is 5.78 Å². The molecule has 0 bridgehead atoms. The zero-order valence-electron chi connectivity index (χ0n) is 10.9. The second-order valence-corrected chi connectivity index (χ2v) is 4.68. The number of hydrogen-bond donors (Lipinski definition) is 2. The second-order valence-electron chi connectivity index (χ2n) is 4.68. The van der Waals surface area contributed by atoms with Gasteiger partial charge in [-0.05, 0) is 12.5 Å². The highest BCUT2D eigenvalue weighted by atomic mass is 16.5. The van der Waals surface area contributed by atoms with Gasteiger partial charge in [-0.25, -0.2) is 5.48 Å². The molecule has 1 aromatic rings. The van der Waals surface area contributed by atoms with Crippen LogP contribution in [0.1, 0.15) is 37.3 Å². The van der Waals surface area contributed by atoms with E-state index in [1.807, 2.05) is 38.1 Å². The topological polar surface area (TPSA) is 66.4 Å². The number of nitrogens with one attached hydrogen (secondary N) is 1. The van der Waals surface area contributed by atoms with E-state index in [0.29, 0.717) is 0 Å². The number of rotatable bonds is 5. The molecule has 0 aromatic heterocycles. The fourth-order valence-corrected chi connectivity index (χ4v) is 1.72. The fraction of sp³-hybridized carbons (Fsp3) is 0.429. The SMILES string of the molecule is Cc1ccc(C(C)C(=O)C[C@H](C)C(=O)NO)cc1. The van der Waals surface area contributed by atoms with Crippen molar-refractivity contribution in [3.05, 3.63) is 35.4 Å².